The fraction of sp³-hybridized carbons (Fsp3) is 0.571. The van der Waals surface area contributed by atoms with Gasteiger partial charge in [0.25, 0.3) is 0 Å². The standard InChI is InChI=1S/C14H18F3NO/c1-10-9-11(14(15,16)17)3-4-13(10)19-12-5-7-18(2)8-6-12/h3-4,9,12H,5-8H2,1-2H3. The Labute approximate surface area is 111 Å². The molecule has 1 heterocycles. The highest BCUT2D eigenvalue weighted by atomic mass is 19.4. The van der Waals surface area contributed by atoms with Gasteiger partial charge in [-0.25, -0.2) is 0 Å². The molecule has 0 N–H and O–H groups in total. The summed E-state index contributed by atoms with van der Waals surface area (Å²) >= 11 is 0. The van der Waals surface area contributed by atoms with E-state index in [1.54, 1.807) is 6.92 Å². The first-order valence-electron chi connectivity index (χ1n) is 6.39. The first-order valence-corrected chi connectivity index (χ1v) is 6.39. The molecule has 1 aromatic rings. The number of ether oxygens (including phenoxy) is 1. The molecule has 0 bridgehead atoms. The van der Waals surface area contributed by atoms with E-state index in [4.69, 9.17) is 4.74 Å². The van der Waals surface area contributed by atoms with E-state index in [0.717, 1.165) is 38.1 Å². The largest absolute Gasteiger partial charge is 0.490 e. The highest BCUT2D eigenvalue weighted by Gasteiger charge is 2.31. The quantitative estimate of drug-likeness (QED) is 0.818. The predicted molar refractivity (Wildman–Crippen MR) is 67.3 cm³/mol. The zero-order valence-electron chi connectivity index (χ0n) is 11.1. The molecule has 106 valence electrons. The number of hydrogen-bond acceptors (Lipinski definition) is 2. The number of aryl methyl sites for hydroxylation is 1. The Kier molecular flexibility index (Phi) is 4.04. The summed E-state index contributed by atoms with van der Waals surface area (Å²) in [7, 11) is 2.06. The summed E-state index contributed by atoms with van der Waals surface area (Å²) in [6.07, 6.45) is -2.36. The van der Waals surface area contributed by atoms with Gasteiger partial charge >= 0.3 is 6.18 Å². The van der Waals surface area contributed by atoms with Gasteiger partial charge in [-0.2, -0.15) is 13.2 Å². The number of benzene rings is 1. The van der Waals surface area contributed by atoms with Gasteiger partial charge in [-0.3, -0.25) is 0 Å². The van der Waals surface area contributed by atoms with Crippen LogP contribution in [0.1, 0.15) is 24.0 Å². The van der Waals surface area contributed by atoms with Gasteiger partial charge in [-0.15, -0.1) is 0 Å². The normalized spacial score (nSPS) is 18.6. The van der Waals surface area contributed by atoms with Gasteiger partial charge in [0, 0.05) is 13.1 Å². The molecule has 1 fully saturated rings. The average molecular weight is 273 g/mol. The lowest BCUT2D eigenvalue weighted by molar-refractivity contribution is -0.137. The number of nitrogens with zero attached hydrogens (tertiary/aromatic N) is 1. The van der Waals surface area contributed by atoms with Crippen LogP contribution in [0.4, 0.5) is 13.2 Å². The van der Waals surface area contributed by atoms with Crippen molar-refractivity contribution in [1.29, 1.82) is 0 Å². The maximum absolute atomic E-state index is 12.6. The monoisotopic (exact) mass is 273 g/mol. The molecule has 2 nitrogen and oxygen atoms in total. The van der Waals surface area contributed by atoms with E-state index < -0.39 is 11.7 Å². The average Bonchev–Trinajstić information content (AvgIpc) is 2.33. The van der Waals surface area contributed by atoms with E-state index in [0.29, 0.717) is 11.3 Å². The lowest BCUT2D eigenvalue weighted by Crippen LogP contribution is -2.35. The minimum Gasteiger partial charge on any atom is -0.490 e. The van der Waals surface area contributed by atoms with Gasteiger partial charge in [0.15, 0.2) is 0 Å². The van der Waals surface area contributed by atoms with E-state index in [1.807, 2.05) is 0 Å². The first kappa shape index (κ1) is 14.2. The van der Waals surface area contributed by atoms with Crippen molar-refractivity contribution in [3.05, 3.63) is 29.3 Å². The molecular weight excluding hydrogens is 255 g/mol. The molecule has 0 aliphatic carbocycles. The van der Waals surface area contributed by atoms with Crippen LogP contribution in [-0.4, -0.2) is 31.1 Å². The molecule has 1 aromatic carbocycles. The molecule has 0 saturated carbocycles. The van der Waals surface area contributed by atoms with Crippen molar-refractivity contribution >= 4 is 0 Å². The topological polar surface area (TPSA) is 12.5 Å². The minimum atomic E-state index is -4.29. The van der Waals surface area contributed by atoms with Gasteiger partial charge < -0.3 is 9.64 Å². The van der Waals surface area contributed by atoms with Crippen molar-refractivity contribution in [2.75, 3.05) is 20.1 Å². The smallest absolute Gasteiger partial charge is 0.416 e. The summed E-state index contributed by atoms with van der Waals surface area (Å²) in [6, 6.07) is 3.65. The Morgan fingerprint density at radius 1 is 1.21 bits per heavy atom. The summed E-state index contributed by atoms with van der Waals surface area (Å²) in [5, 5.41) is 0. The third-order valence-corrected chi connectivity index (χ3v) is 3.46. The van der Waals surface area contributed by atoms with Crippen molar-refractivity contribution < 1.29 is 17.9 Å². The van der Waals surface area contributed by atoms with Crippen molar-refractivity contribution in [1.82, 2.24) is 4.90 Å². The molecule has 0 spiro atoms. The zero-order chi connectivity index (χ0) is 14.0. The number of halogens is 3. The highest BCUT2D eigenvalue weighted by molar-refractivity contribution is 5.37. The third kappa shape index (κ3) is 3.62. The summed E-state index contributed by atoms with van der Waals surface area (Å²) < 4.78 is 43.5. The Morgan fingerprint density at radius 2 is 1.84 bits per heavy atom. The molecular formula is C14H18F3NO. The van der Waals surface area contributed by atoms with E-state index in [2.05, 4.69) is 11.9 Å². The lowest BCUT2D eigenvalue weighted by Gasteiger charge is -2.29. The molecule has 1 saturated heterocycles. The van der Waals surface area contributed by atoms with Crippen LogP contribution in [0.25, 0.3) is 0 Å². The molecule has 1 aliphatic heterocycles. The Morgan fingerprint density at radius 3 is 2.37 bits per heavy atom. The molecule has 1 aliphatic rings. The summed E-state index contributed by atoms with van der Waals surface area (Å²) in [5.41, 5.74) is -0.0884. The van der Waals surface area contributed by atoms with Crippen LogP contribution in [-0.2, 0) is 6.18 Å². The van der Waals surface area contributed by atoms with Gasteiger partial charge in [0.2, 0.25) is 0 Å². The maximum Gasteiger partial charge on any atom is 0.416 e. The SMILES string of the molecule is Cc1cc(C(F)(F)F)ccc1OC1CCN(C)CC1. The number of piperidine rings is 1. The summed E-state index contributed by atoms with van der Waals surface area (Å²) in [6.45, 7) is 3.58. The van der Waals surface area contributed by atoms with Crippen LogP contribution in [0, 0.1) is 6.92 Å². The first-order chi connectivity index (χ1) is 8.86. The fourth-order valence-electron chi connectivity index (χ4n) is 2.24. The predicted octanol–water partition coefficient (Wildman–Crippen LogP) is 3.49. The maximum atomic E-state index is 12.6. The molecule has 2 rings (SSSR count). The fourth-order valence-corrected chi connectivity index (χ4v) is 2.24. The van der Waals surface area contributed by atoms with Crippen molar-refractivity contribution in [2.24, 2.45) is 0 Å². The van der Waals surface area contributed by atoms with E-state index in [1.165, 1.54) is 6.07 Å². The number of rotatable bonds is 2. The van der Waals surface area contributed by atoms with Crippen LogP contribution < -0.4 is 4.74 Å². The van der Waals surface area contributed by atoms with Crippen LogP contribution in [0.5, 0.6) is 5.75 Å². The Balaban J connectivity index is 2.05. The highest BCUT2D eigenvalue weighted by Crippen LogP contribution is 2.33. The lowest BCUT2D eigenvalue weighted by atomic mass is 10.1. The number of alkyl halides is 3. The summed E-state index contributed by atoms with van der Waals surface area (Å²) in [5.74, 6) is 0.558. The molecule has 5 heteroatoms. The molecule has 0 radical (unpaired) electrons. The molecule has 0 atom stereocenters. The van der Waals surface area contributed by atoms with Crippen molar-refractivity contribution in [2.45, 2.75) is 32.0 Å². The molecule has 0 amide bonds. The summed E-state index contributed by atoms with van der Waals surface area (Å²) in [4.78, 5) is 2.22. The van der Waals surface area contributed by atoms with Gasteiger partial charge in [0.05, 0.1) is 5.56 Å². The molecule has 0 unspecified atom stereocenters. The zero-order valence-corrected chi connectivity index (χ0v) is 11.1. The van der Waals surface area contributed by atoms with Crippen LogP contribution in [0.2, 0.25) is 0 Å². The van der Waals surface area contributed by atoms with Crippen LogP contribution in [0.3, 0.4) is 0 Å². The molecule has 19 heavy (non-hydrogen) atoms. The van der Waals surface area contributed by atoms with Gasteiger partial charge in [0.1, 0.15) is 11.9 Å². The second kappa shape index (κ2) is 5.41. The third-order valence-electron chi connectivity index (χ3n) is 3.46. The Hall–Kier alpha value is -1.23. The van der Waals surface area contributed by atoms with Gasteiger partial charge in [-0.05, 0) is 50.6 Å². The van der Waals surface area contributed by atoms with Crippen molar-refractivity contribution in [3.63, 3.8) is 0 Å². The van der Waals surface area contributed by atoms with E-state index in [-0.39, 0.29) is 6.10 Å². The Bertz CT molecular complexity index is 437. The van der Waals surface area contributed by atoms with E-state index >= 15 is 0 Å². The van der Waals surface area contributed by atoms with E-state index in [9.17, 15) is 13.2 Å². The van der Waals surface area contributed by atoms with Gasteiger partial charge in [-0.1, -0.05) is 0 Å². The number of likely N-dealkylation sites (tertiary alicyclic amines) is 1. The number of hydrogen-bond donors (Lipinski definition) is 0. The molecule has 0 aromatic heterocycles. The second-order valence-corrected chi connectivity index (χ2v) is 5.10. The second-order valence-electron chi connectivity index (χ2n) is 5.10. The van der Waals surface area contributed by atoms with Crippen molar-refractivity contribution in [3.8, 4) is 5.75 Å². The van der Waals surface area contributed by atoms with Crippen LogP contribution in [0.15, 0.2) is 18.2 Å². The van der Waals surface area contributed by atoms with Crippen LogP contribution >= 0.6 is 0 Å². The minimum absolute atomic E-state index is 0.103.